The molecule has 1 fully saturated rings. The lowest BCUT2D eigenvalue weighted by atomic mass is 10.1. The molecule has 2 rings (SSSR count). The zero-order valence-corrected chi connectivity index (χ0v) is 11.7. The zero-order chi connectivity index (χ0) is 13.1. The van der Waals surface area contributed by atoms with Crippen molar-refractivity contribution >= 4 is 17.3 Å². The maximum atomic E-state index is 9.56. The fraction of sp³-hybridized carbons (Fsp3) is 0.571. The number of halogens is 1. The van der Waals surface area contributed by atoms with Crippen LogP contribution in [0.4, 0.5) is 5.69 Å². The summed E-state index contributed by atoms with van der Waals surface area (Å²) in [6.45, 7) is 6.27. The molecule has 1 heterocycles. The minimum Gasteiger partial charge on any atom is -0.389 e. The van der Waals surface area contributed by atoms with Crippen LogP contribution in [0.1, 0.15) is 31.9 Å². The topological polar surface area (TPSA) is 32.7 Å². The SMILES string of the molecule is CCC1COCCN1c1ccc([C@@H](C)O)cc1Cl. The van der Waals surface area contributed by atoms with Gasteiger partial charge in [-0.25, -0.2) is 0 Å². The van der Waals surface area contributed by atoms with Gasteiger partial charge in [-0.1, -0.05) is 24.6 Å². The number of hydrogen-bond acceptors (Lipinski definition) is 3. The molecule has 0 amide bonds. The third-order valence-electron chi connectivity index (χ3n) is 3.46. The van der Waals surface area contributed by atoms with E-state index in [1.165, 1.54) is 0 Å². The molecule has 18 heavy (non-hydrogen) atoms. The third-order valence-corrected chi connectivity index (χ3v) is 3.77. The summed E-state index contributed by atoms with van der Waals surface area (Å²) in [5.74, 6) is 0. The normalized spacial score (nSPS) is 22.0. The average Bonchev–Trinajstić information content (AvgIpc) is 2.38. The number of rotatable bonds is 3. The first kappa shape index (κ1) is 13.7. The predicted molar refractivity (Wildman–Crippen MR) is 74.3 cm³/mol. The van der Waals surface area contributed by atoms with Crippen LogP contribution >= 0.6 is 11.6 Å². The van der Waals surface area contributed by atoms with Gasteiger partial charge in [0, 0.05) is 6.54 Å². The van der Waals surface area contributed by atoms with Crippen LogP contribution in [0.3, 0.4) is 0 Å². The molecule has 0 saturated carbocycles. The molecule has 1 saturated heterocycles. The van der Waals surface area contributed by atoms with Gasteiger partial charge in [-0.2, -0.15) is 0 Å². The molecule has 4 heteroatoms. The molecule has 0 bridgehead atoms. The van der Waals surface area contributed by atoms with Crippen LogP contribution in [0, 0.1) is 0 Å². The minimum absolute atomic E-state index is 0.383. The number of benzene rings is 1. The molecule has 1 aliphatic rings. The van der Waals surface area contributed by atoms with Crippen molar-refractivity contribution in [1.29, 1.82) is 0 Å². The molecule has 0 spiro atoms. The van der Waals surface area contributed by atoms with E-state index >= 15 is 0 Å². The Labute approximate surface area is 113 Å². The second kappa shape index (κ2) is 5.91. The number of aliphatic hydroxyl groups excluding tert-OH is 1. The van der Waals surface area contributed by atoms with Gasteiger partial charge >= 0.3 is 0 Å². The summed E-state index contributed by atoms with van der Waals surface area (Å²) in [4.78, 5) is 2.30. The summed E-state index contributed by atoms with van der Waals surface area (Å²) >= 11 is 6.34. The summed E-state index contributed by atoms with van der Waals surface area (Å²) < 4.78 is 5.50. The van der Waals surface area contributed by atoms with Gasteiger partial charge in [-0.3, -0.25) is 0 Å². The highest BCUT2D eigenvalue weighted by atomic mass is 35.5. The molecule has 1 aliphatic heterocycles. The highest BCUT2D eigenvalue weighted by molar-refractivity contribution is 6.33. The van der Waals surface area contributed by atoms with Gasteiger partial charge in [-0.15, -0.1) is 0 Å². The van der Waals surface area contributed by atoms with Crippen LogP contribution in [0.15, 0.2) is 18.2 Å². The fourth-order valence-corrected chi connectivity index (χ4v) is 2.62. The first-order valence-corrected chi connectivity index (χ1v) is 6.83. The quantitative estimate of drug-likeness (QED) is 0.916. The molecule has 100 valence electrons. The smallest absolute Gasteiger partial charge is 0.0762 e. The molecule has 0 aliphatic carbocycles. The van der Waals surface area contributed by atoms with Crippen LogP contribution in [0.25, 0.3) is 0 Å². The molecule has 1 N–H and O–H groups in total. The van der Waals surface area contributed by atoms with Gasteiger partial charge < -0.3 is 14.7 Å². The van der Waals surface area contributed by atoms with Crippen molar-refractivity contribution in [3.63, 3.8) is 0 Å². The Bertz CT molecular complexity index is 409. The van der Waals surface area contributed by atoms with Crippen LogP contribution in [-0.2, 0) is 4.74 Å². The fourth-order valence-electron chi connectivity index (χ4n) is 2.33. The average molecular weight is 270 g/mol. The van der Waals surface area contributed by atoms with Crippen molar-refractivity contribution in [2.45, 2.75) is 32.4 Å². The van der Waals surface area contributed by atoms with Gasteiger partial charge in [0.2, 0.25) is 0 Å². The van der Waals surface area contributed by atoms with E-state index in [2.05, 4.69) is 11.8 Å². The maximum Gasteiger partial charge on any atom is 0.0762 e. The Hall–Kier alpha value is -0.770. The summed E-state index contributed by atoms with van der Waals surface area (Å²) in [5.41, 5.74) is 1.89. The Morgan fingerprint density at radius 1 is 1.56 bits per heavy atom. The van der Waals surface area contributed by atoms with Gasteiger partial charge in [0.1, 0.15) is 0 Å². The molecular formula is C14H20ClNO2. The van der Waals surface area contributed by atoms with Crippen molar-refractivity contribution < 1.29 is 9.84 Å². The van der Waals surface area contributed by atoms with Gasteiger partial charge in [-0.05, 0) is 31.0 Å². The predicted octanol–water partition coefficient (Wildman–Crippen LogP) is 3.01. The third kappa shape index (κ3) is 2.79. The standard InChI is InChI=1S/C14H20ClNO2/c1-3-12-9-18-7-6-16(12)14-5-4-11(10(2)17)8-13(14)15/h4-5,8,10,12,17H,3,6-7,9H2,1-2H3/t10-,12?/m1/s1. The molecular weight excluding hydrogens is 250 g/mol. The zero-order valence-electron chi connectivity index (χ0n) is 10.9. The monoisotopic (exact) mass is 269 g/mol. The van der Waals surface area contributed by atoms with Crippen LogP contribution < -0.4 is 4.90 Å². The van der Waals surface area contributed by atoms with E-state index in [9.17, 15) is 5.11 Å². The second-order valence-electron chi connectivity index (χ2n) is 4.72. The van der Waals surface area contributed by atoms with Gasteiger partial charge in [0.25, 0.3) is 0 Å². The van der Waals surface area contributed by atoms with E-state index in [0.29, 0.717) is 11.1 Å². The lowest BCUT2D eigenvalue weighted by Gasteiger charge is -2.37. The summed E-state index contributed by atoms with van der Waals surface area (Å²) in [7, 11) is 0. The number of aliphatic hydroxyl groups is 1. The van der Waals surface area contributed by atoms with Crippen molar-refractivity contribution in [3.8, 4) is 0 Å². The van der Waals surface area contributed by atoms with E-state index in [1.807, 2.05) is 18.2 Å². The largest absolute Gasteiger partial charge is 0.389 e. The molecule has 0 aromatic heterocycles. The molecule has 1 unspecified atom stereocenters. The number of hydrogen-bond donors (Lipinski definition) is 1. The van der Waals surface area contributed by atoms with Crippen LogP contribution in [0.5, 0.6) is 0 Å². The van der Waals surface area contributed by atoms with Crippen LogP contribution in [-0.4, -0.2) is 30.9 Å². The second-order valence-corrected chi connectivity index (χ2v) is 5.12. The molecule has 2 atom stereocenters. The molecule has 0 radical (unpaired) electrons. The minimum atomic E-state index is -0.483. The van der Waals surface area contributed by atoms with E-state index in [4.69, 9.17) is 16.3 Å². The van der Waals surface area contributed by atoms with E-state index in [0.717, 1.165) is 37.4 Å². The Morgan fingerprint density at radius 2 is 2.33 bits per heavy atom. The lowest BCUT2D eigenvalue weighted by Crippen LogP contribution is -2.45. The Kier molecular flexibility index (Phi) is 4.49. The number of morpholine rings is 1. The summed E-state index contributed by atoms with van der Waals surface area (Å²) in [5, 5.41) is 10.3. The summed E-state index contributed by atoms with van der Waals surface area (Å²) in [6, 6.07) is 6.17. The maximum absolute atomic E-state index is 9.56. The number of nitrogens with zero attached hydrogens (tertiary/aromatic N) is 1. The first-order valence-electron chi connectivity index (χ1n) is 6.45. The molecule has 1 aromatic carbocycles. The Morgan fingerprint density at radius 3 is 2.94 bits per heavy atom. The number of anilines is 1. The first-order chi connectivity index (χ1) is 8.63. The van der Waals surface area contributed by atoms with Crippen molar-refractivity contribution in [3.05, 3.63) is 28.8 Å². The molecule has 1 aromatic rings. The van der Waals surface area contributed by atoms with Crippen molar-refractivity contribution in [2.24, 2.45) is 0 Å². The van der Waals surface area contributed by atoms with E-state index < -0.39 is 6.10 Å². The van der Waals surface area contributed by atoms with E-state index in [1.54, 1.807) is 6.92 Å². The lowest BCUT2D eigenvalue weighted by molar-refractivity contribution is 0.0930. The van der Waals surface area contributed by atoms with Crippen molar-refractivity contribution in [2.75, 3.05) is 24.7 Å². The highest BCUT2D eigenvalue weighted by Crippen LogP contribution is 2.31. The van der Waals surface area contributed by atoms with Gasteiger partial charge in [0.15, 0.2) is 0 Å². The molecule has 3 nitrogen and oxygen atoms in total. The Balaban J connectivity index is 2.26. The van der Waals surface area contributed by atoms with Gasteiger partial charge in [0.05, 0.1) is 36.1 Å². The highest BCUT2D eigenvalue weighted by Gasteiger charge is 2.23. The van der Waals surface area contributed by atoms with Crippen LogP contribution in [0.2, 0.25) is 5.02 Å². The van der Waals surface area contributed by atoms with E-state index in [-0.39, 0.29) is 0 Å². The number of ether oxygens (including phenoxy) is 1. The van der Waals surface area contributed by atoms with Crippen molar-refractivity contribution in [1.82, 2.24) is 0 Å². The summed E-state index contributed by atoms with van der Waals surface area (Å²) in [6.07, 6.45) is 0.553.